The molecule has 35 heavy (non-hydrogen) atoms. The summed E-state index contributed by atoms with van der Waals surface area (Å²) in [6, 6.07) is 23.1. The van der Waals surface area contributed by atoms with Crippen LogP contribution in [0.15, 0.2) is 83.9 Å². The van der Waals surface area contributed by atoms with E-state index in [0.717, 1.165) is 19.8 Å². The number of hydrogen-bond acceptors (Lipinski definition) is 7. The second kappa shape index (κ2) is 12.4. The van der Waals surface area contributed by atoms with Crippen molar-refractivity contribution in [1.29, 1.82) is 0 Å². The summed E-state index contributed by atoms with van der Waals surface area (Å²) < 4.78 is 15.0. The molecular formula is C25H24N4O6. The summed E-state index contributed by atoms with van der Waals surface area (Å²) in [5.74, 6) is 0.433. The lowest BCUT2D eigenvalue weighted by atomic mass is 10.1. The van der Waals surface area contributed by atoms with Gasteiger partial charge in [0.05, 0.1) is 32.0 Å². The third kappa shape index (κ3) is 7.90. The number of nitrogens with zero attached hydrogens (tertiary/aromatic N) is 1. The average molecular weight is 476 g/mol. The first-order valence-electron chi connectivity index (χ1n) is 10.5. The highest BCUT2D eigenvalue weighted by atomic mass is 16.5. The van der Waals surface area contributed by atoms with E-state index in [1.165, 1.54) is 0 Å². The zero-order valence-electron chi connectivity index (χ0n) is 19.1. The Hall–Kier alpha value is -4.86. The molecule has 0 radical (unpaired) electrons. The number of carbonyl (C=O) groups excluding carboxylic acids is 3. The number of aliphatic imine (C=N–C) groups is 1. The monoisotopic (exact) mass is 476 g/mol. The number of ether oxygens (including phenoxy) is 3. The summed E-state index contributed by atoms with van der Waals surface area (Å²) in [5, 5.41) is 7.39. The van der Waals surface area contributed by atoms with Crippen molar-refractivity contribution in [1.82, 2.24) is 10.6 Å². The Morgan fingerprint density at radius 3 is 1.97 bits per heavy atom. The van der Waals surface area contributed by atoms with Crippen molar-refractivity contribution in [3.8, 4) is 11.5 Å². The number of alkyl carbamates (subject to hydrolysis) is 2. The fraction of sp³-hybridized carbons (Fsp3) is 0.120. The van der Waals surface area contributed by atoms with Gasteiger partial charge in [0.15, 0.2) is 0 Å². The SMILES string of the molecule is COC(=O)NC(=Nc1cc(Oc2ccccc2)ccc1NC(=O)Cc1ccccc1)NC(=O)OC. The first kappa shape index (κ1) is 24.8. The van der Waals surface area contributed by atoms with Gasteiger partial charge >= 0.3 is 12.2 Å². The molecule has 0 aliphatic heterocycles. The average Bonchev–Trinajstić information content (AvgIpc) is 2.86. The van der Waals surface area contributed by atoms with Crippen molar-refractivity contribution in [2.45, 2.75) is 6.42 Å². The maximum atomic E-state index is 12.7. The van der Waals surface area contributed by atoms with E-state index >= 15 is 0 Å². The zero-order valence-corrected chi connectivity index (χ0v) is 19.1. The molecule has 0 fully saturated rings. The highest BCUT2D eigenvalue weighted by Crippen LogP contribution is 2.32. The van der Waals surface area contributed by atoms with Crippen LogP contribution in [-0.2, 0) is 20.7 Å². The van der Waals surface area contributed by atoms with Crippen LogP contribution in [0.25, 0.3) is 0 Å². The number of anilines is 1. The lowest BCUT2D eigenvalue weighted by Gasteiger charge is -2.13. The van der Waals surface area contributed by atoms with E-state index in [-0.39, 0.29) is 24.0 Å². The Balaban J connectivity index is 1.94. The van der Waals surface area contributed by atoms with E-state index in [9.17, 15) is 14.4 Å². The molecule has 0 bridgehead atoms. The summed E-state index contributed by atoms with van der Waals surface area (Å²) in [4.78, 5) is 40.5. The maximum Gasteiger partial charge on any atom is 0.413 e. The number of carbonyl (C=O) groups is 3. The second-order valence-corrected chi connectivity index (χ2v) is 7.00. The molecule has 0 spiro atoms. The molecule has 3 amide bonds. The molecule has 0 heterocycles. The minimum atomic E-state index is -0.869. The van der Waals surface area contributed by atoms with E-state index in [4.69, 9.17) is 4.74 Å². The number of nitrogens with one attached hydrogen (secondary N) is 3. The van der Waals surface area contributed by atoms with Crippen LogP contribution in [0.1, 0.15) is 5.56 Å². The van der Waals surface area contributed by atoms with E-state index in [1.807, 2.05) is 48.5 Å². The van der Waals surface area contributed by atoms with E-state index < -0.39 is 12.2 Å². The van der Waals surface area contributed by atoms with Crippen molar-refractivity contribution < 1.29 is 28.6 Å². The normalized spacial score (nSPS) is 9.89. The molecule has 3 rings (SSSR count). The van der Waals surface area contributed by atoms with E-state index in [2.05, 4.69) is 30.4 Å². The van der Waals surface area contributed by atoms with Crippen LogP contribution in [0.2, 0.25) is 0 Å². The summed E-state index contributed by atoms with van der Waals surface area (Å²) in [6.45, 7) is 0. The third-order valence-corrected chi connectivity index (χ3v) is 4.47. The van der Waals surface area contributed by atoms with Gasteiger partial charge in [0.2, 0.25) is 11.9 Å². The fourth-order valence-corrected chi connectivity index (χ4v) is 2.88. The van der Waals surface area contributed by atoms with Gasteiger partial charge in [0.1, 0.15) is 11.5 Å². The van der Waals surface area contributed by atoms with Gasteiger partial charge in [0.25, 0.3) is 0 Å². The van der Waals surface area contributed by atoms with Crippen molar-refractivity contribution in [3.63, 3.8) is 0 Å². The van der Waals surface area contributed by atoms with Gasteiger partial charge < -0.3 is 19.5 Å². The quantitative estimate of drug-likeness (QED) is 0.358. The predicted molar refractivity (Wildman–Crippen MR) is 130 cm³/mol. The van der Waals surface area contributed by atoms with Crippen LogP contribution in [0.4, 0.5) is 21.0 Å². The van der Waals surface area contributed by atoms with E-state index in [1.54, 1.807) is 30.3 Å². The Morgan fingerprint density at radius 2 is 1.37 bits per heavy atom. The fourth-order valence-electron chi connectivity index (χ4n) is 2.88. The van der Waals surface area contributed by atoms with Crippen molar-refractivity contribution >= 4 is 35.4 Å². The number of amides is 3. The Labute approximate surface area is 201 Å². The minimum absolute atomic E-state index is 0.139. The summed E-state index contributed by atoms with van der Waals surface area (Å²) in [5.41, 5.74) is 1.35. The van der Waals surface area contributed by atoms with Gasteiger partial charge in [0, 0.05) is 6.07 Å². The predicted octanol–water partition coefficient (Wildman–Crippen LogP) is 4.36. The maximum absolute atomic E-state index is 12.7. The van der Waals surface area contributed by atoms with Crippen molar-refractivity contribution in [3.05, 3.63) is 84.4 Å². The molecule has 0 atom stereocenters. The highest BCUT2D eigenvalue weighted by Gasteiger charge is 2.14. The molecule has 3 aromatic rings. The third-order valence-electron chi connectivity index (χ3n) is 4.47. The standard InChI is InChI=1S/C25H24N4O6/c1-33-24(31)28-23(29-25(32)34-2)27-21-16-19(35-18-11-7-4-8-12-18)13-14-20(21)26-22(30)15-17-9-5-3-6-10-17/h3-14,16H,15H2,1-2H3,(H,26,30)(H2,27,28,29,31,32). The van der Waals surface area contributed by atoms with E-state index in [0.29, 0.717) is 17.2 Å². The van der Waals surface area contributed by atoms with Crippen LogP contribution in [0.5, 0.6) is 11.5 Å². The van der Waals surface area contributed by atoms with Gasteiger partial charge in [-0.05, 0) is 29.8 Å². The Kier molecular flexibility index (Phi) is 8.78. The molecular weight excluding hydrogens is 452 g/mol. The molecule has 0 saturated carbocycles. The molecule has 0 aromatic heterocycles. The lowest BCUT2D eigenvalue weighted by Crippen LogP contribution is -2.43. The van der Waals surface area contributed by atoms with Gasteiger partial charge in [-0.25, -0.2) is 14.6 Å². The topological polar surface area (TPSA) is 127 Å². The largest absolute Gasteiger partial charge is 0.457 e. The number of guanidine groups is 1. The molecule has 10 heteroatoms. The van der Waals surface area contributed by atoms with Crippen LogP contribution in [0.3, 0.4) is 0 Å². The first-order valence-corrected chi connectivity index (χ1v) is 10.5. The number of rotatable bonds is 6. The Bertz CT molecular complexity index is 1180. The molecule has 0 aliphatic carbocycles. The van der Waals surface area contributed by atoms with Crippen molar-refractivity contribution in [2.75, 3.05) is 19.5 Å². The Morgan fingerprint density at radius 1 is 0.771 bits per heavy atom. The van der Waals surface area contributed by atoms with Gasteiger partial charge in [-0.3, -0.25) is 15.4 Å². The van der Waals surface area contributed by atoms with Crippen LogP contribution in [0, 0.1) is 0 Å². The molecule has 180 valence electrons. The molecule has 3 aromatic carbocycles. The second-order valence-electron chi connectivity index (χ2n) is 7.00. The molecule has 0 saturated heterocycles. The lowest BCUT2D eigenvalue weighted by molar-refractivity contribution is -0.115. The van der Waals surface area contributed by atoms with Crippen molar-refractivity contribution in [2.24, 2.45) is 4.99 Å². The highest BCUT2D eigenvalue weighted by molar-refractivity contribution is 6.03. The van der Waals surface area contributed by atoms with Crippen LogP contribution in [-0.4, -0.2) is 38.3 Å². The molecule has 0 aliphatic rings. The number of para-hydroxylation sites is 1. The summed E-state index contributed by atoms with van der Waals surface area (Å²) in [7, 11) is 2.32. The van der Waals surface area contributed by atoms with Crippen LogP contribution < -0.4 is 20.7 Å². The summed E-state index contributed by atoms with van der Waals surface area (Å²) >= 11 is 0. The zero-order chi connectivity index (χ0) is 25.0. The number of benzene rings is 3. The number of hydrogen-bond donors (Lipinski definition) is 3. The minimum Gasteiger partial charge on any atom is -0.457 e. The summed E-state index contributed by atoms with van der Waals surface area (Å²) in [6.07, 6.45) is -1.60. The van der Waals surface area contributed by atoms with Gasteiger partial charge in [-0.1, -0.05) is 48.5 Å². The van der Waals surface area contributed by atoms with Gasteiger partial charge in [-0.2, -0.15) is 0 Å². The molecule has 0 unspecified atom stereocenters. The smallest absolute Gasteiger partial charge is 0.413 e. The molecule has 3 N–H and O–H groups in total. The number of methoxy groups -OCH3 is 2. The molecule has 10 nitrogen and oxygen atoms in total. The first-order chi connectivity index (χ1) is 17.0. The van der Waals surface area contributed by atoms with Crippen LogP contribution >= 0.6 is 0 Å². The van der Waals surface area contributed by atoms with Gasteiger partial charge in [-0.15, -0.1) is 0 Å².